The Hall–Kier alpha value is -3.14. The number of allylic oxidation sites excluding steroid dienone is 2. The highest BCUT2D eigenvalue weighted by Crippen LogP contribution is 2.31. The van der Waals surface area contributed by atoms with Gasteiger partial charge in [0.2, 0.25) is 5.88 Å². The van der Waals surface area contributed by atoms with Crippen LogP contribution in [0.5, 0.6) is 11.5 Å². The summed E-state index contributed by atoms with van der Waals surface area (Å²) in [5, 5.41) is 9.30. The summed E-state index contributed by atoms with van der Waals surface area (Å²) in [7, 11) is 1.73. The van der Waals surface area contributed by atoms with Crippen LogP contribution in [0.25, 0.3) is 0 Å². The molecule has 0 saturated heterocycles. The normalized spacial score (nSPS) is 14.8. The van der Waals surface area contributed by atoms with E-state index in [1.807, 2.05) is 88.4 Å². The molecule has 222 valence electrons. The van der Waals surface area contributed by atoms with Gasteiger partial charge in [0, 0.05) is 18.2 Å². The molecule has 2 aromatic carbocycles. The summed E-state index contributed by atoms with van der Waals surface area (Å²) >= 11 is 0. The number of nitrogens with zero attached hydrogens (tertiary/aromatic N) is 2. The lowest BCUT2D eigenvalue weighted by Gasteiger charge is -2.26. The fourth-order valence-electron chi connectivity index (χ4n) is 4.52. The first-order valence-corrected chi connectivity index (χ1v) is 15.2. The maximum Gasteiger partial charge on any atom is 0.203 e. The van der Waals surface area contributed by atoms with Crippen LogP contribution in [-0.2, 0) is 0 Å². The highest BCUT2D eigenvalue weighted by Gasteiger charge is 2.18. The number of hydrogen-bond acceptors (Lipinski definition) is 4. The maximum absolute atomic E-state index is 9.30. The number of benzene rings is 2. The predicted molar refractivity (Wildman–Crippen MR) is 177 cm³/mol. The van der Waals surface area contributed by atoms with Gasteiger partial charge in [-0.3, -0.25) is 4.99 Å². The van der Waals surface area contributed by atoms with Crippen molar-refractivity contribution >= 4 is 11.4 Å². The first kappa shape index (κ1) is 36.9. The van der Waals surface area contributed by atoms with Crippen molar-refractivity contribution in [1.82, 2.24) is 0 Å². The van der Waals surface area contributed by atoms with Crippen molar-refractivity contribution in [2.75, 3.05) is 7.05 Å². The molecule has 0 radical (unpaired) electrons. The summed E-state index contributed by atoms with van der Waals surface area (Å²) in [6.07, 6.45) is 12.0. The van der Waals surface area contributed by atoms with Gasteiger partial charge in [-0.05, 0) is 68.7 Å². The third-order valence-electron chi connectivity index (χ3n) is 6.66. The Morgan fingerprint density at radius 2 is 1.50 bits per heavy atom. The summed E-state index contributed by atoms with van der Waals surface area (Å²) in [5.74, 6) is 3.37. The number of ether oxygens (including phenoxy) is 1. The Morgan fingerprint density at radius 1 is 0.975 bits per heavy atom. The molecule has 4 nitrogen and oxygen atoms in total. The first-order chi connectivity index (χ1) is 19.3. The zero-order chi connectivity index (χ0) is 30.3. The van der Waals surface area contributed by atoms with Crippen LogP contribution in [0.1, 0.15) is 106 Å². The van der Waals surface area contributed by atoms with Crippen LogP contribution in [0, 0.1) is 11.8 Å². The molecule has 0 aromatic heterocycles. The zero-order valence-corrected chi connectivity index (χ0v) is 26.8. The van der Waals surface area contributed by atoms with E-state index in [2.05, 4.69) is 44.3 Å². The van der Waals surface area contributed by atoms with Crippen LogP contribution in [0.4, 0.5) is 0 Å². The summed E-state index contributed by atoms with van der Waals surface area (Å²) in [6.45, 7) is 20.1. The second kappa shape index (κ2) is 22.7. The Balaban J connectivity index is 0.000000837. The van der Waals surface area contributed by atoms with E-state index >= 15 is 0 Å². The van der Waals surface area contributed by atoms with Crippen LogP contribution in [0.3, 0.4) is 0 Å². The van der Waals surface area contributed by atoms with Crippen molar-refractivity contribution in [2.45, 2.75) is 100 Å². The summed E-state index contributed by atoms with van der Waals surface area (Å²) in [5.41, 5.74) is 3.22. The fraction of sp³-hybridized carbons (Fsp3) is 0.500. The lowest BCUT2D eigenvalue weighted by atomic mass is 9.80. The van der Waals surface area contributed by atoms with Gasteiger partial charge in [0.1, 0.15) is 11.5 Å². The second-order valence-corrected chi connectivity index (χ2v) is 9.82. The van der Waals surface area contributed by atoms with E-state index in [0.29, 0.717) is 5.71 Å². The van der Waals surface area contributed by atoms with Gasteiger partial charge < -0.3 is 9.84 Å². The van der Waals surface area contributed by atoms with E-state index in [9.17, 15) is 5.11 Å². The minimum atomic E-state index is -0.223. The topological polar surface area (TPSA) is 54.2 Å². The van der Waals surface area contributed by atoms with Crippen molar-refractivity contribution < 1.29 is 9.84 Å². The molecule has 1 aliphatic rings. The van der Waals surface area contributed by atoms with Crippen LogP contribution in [0.2, 0.25) is 0 Å². The molecule has 1 fully saturated rings. The fourth-order valence-corrected chi connectivity index (χ4v) is 4.52. The van der Waals surface area contributed by atoms with Gasteiger partial charge in [0.05, 0.1) is 11.4 Å². The lowest BCUT2D eigenvalue weighted by molar-refractivity contribution is 0.258. The molecule has 0 amide bonds. The van der Waals surface area contributed by atoms with Crippen molar-refractivity contribution in [3.63, 3.8) is 0 Å². The van der Waals surface area contributed by atoms with Gasteiger partial charge in [-0.2, -0.15) is 0 Å². The van der Waals surface area contributed by atoms with E-state index < -0.39 is 0 Å². The van der Waals surface area contributed by atoms with Gasteiger partial charge in [-0.1, -0.05) is 111 Å². The molecular formula is C36H56N2O2. The molecule has 1 atom stereocenters. The number of aliphatic hydroxyl groups excluding tert-OH is 1. The Labute approximate surface area is 246 Å². The average molecular weight is 549 g/mol. The monoisotopic (exact) mass is 548 g/mol. The third kappa shape index (κ3) is 14.3. The van der Waals surface area contributed by atoms with Crippen molar-refractivity contribution in [3.8, 4) is 11.5 Å². The highest BCUT2D eigenvalue weighted by molar-refractivity contribution is 6.29. The molecule has 1 aliphatic carbocycles. The molecule has 4 heteroatoms. The number of aliphatic imine (C=N–C) groups is 2. The van der Waals surface area contributed by atoms with Crippen molar-refractivity contribution in [3.05, 3.63) is 84.3 Å². The Bertz CT molecular complexity index is 1010. The second-order valence-electron chi connectivity index (χ2n) is 9.82. The van der Waals surface area contributed by atoms with E-state index in [-0.39, 0.29) is 5.88 Å². The zero-order valence-electron chi connectivity index (χ0n) is 26.8. The molecule has 2 aromatic rings. The smallest absolute Gasteiger partial charge is 0.203 e. The maximum atomic E-state index is 9.30. The summed E-state index contributed by atoms with van der Waals surface area (Å²) in [6, 6.07) is 17.3. The molecule has 3 rings (SSSR count). The van der Waals surface area contributed by atoms with E-state index in [1.165, 1.54) is 44.9 Å². The number of rotatable bonds is 8. The highest BCUT2D eigenvalue weighted by atomic mass is 16.5. The van der Waals surface area contributed by atoms with Crippen molar-refractivity contribution in [2.24, 2.45) is 21.8 Å². The van der Waals surface area contributed by atoms with Gasteiger partial charge in [0.15, 0.2) is 0 Å². The minimum Gasteiger partial charge on any atom is -0.494 e. The average Bonchev–Trinajstić information content (AvgIpc) is 2.98. The molecule has 1 unspecified atom stereocenters. The van der Waals surface area contributed by atoms with Crippen LogP contribution in [0.15, 0.2) is 88.7 Å². The summed E-state index contributed by atoms with van der Waals surface area (Å²) < 4.78 is 5.81. The predicted octanol–water partition coefficient (Wildman–Crippen LogP) is 11.4. The Kier molecular flexibility index (Phi) is 20.9. The molecule has 1 N–H and O–H groups in total. The number of aliphatic hydroxyl groups is 1. The van der Waals surface area contributed by atoms with Crippen LogP contribution in [-0.4, -0.2) is 23.6 Å². The molecule has 0 aliphatic heterocycles. The standard InChI is InChI=1S/C21H22N2O2.C10H20.C3H8.C2H6/c1-5-20(15(2)23-16(3)24)21(22-4)17-11-13-19(14-12-17)25-18-9-7-6-8-10-18;1-3-9(2)10-7-5-4-6-8-10;1-3-2;1-2/h5-14,24H,3H2,1-2,4H3;9-10H,3-8H2,1-2H3;3H2,1-2H3;1-2H3/b20-5+,22-21?,23-15-;;;. The quantitative estimate of drug-likeness (QED) is 0.263. The van der Waals surface area contributed by atoms with Gasteiger partial charge in [-0.25, -0.2) is 4.99 Å². The van der Waals surface area contributed by atoms with Crippen LogP contribution < -0.4 is 4.74 Å². The molecule has 0 bridgehead atoms. The molecule has 0 spiro atoms. The van der Waals surface area contributed by atoms with Gasteiger partial charge in [-0.15, -0.1) is 0 Å². The summed E-state index contributed by atoms with van der Waals surface area (Å²) in [4.78, 5) is 8.41. The first-order valence-electron chi connectivity index (χ1n) is 15.2. The third-order valence-corrected chi connectivity index (χ3v) is 6.66. The van der Waals surface area contributed by atoms with Gasteiger partial charge in [0.25, 0.3) is 0 Å². The number of hydrogen-bond donors (Lipinski definition) is 1. The van der Waals surface area contributed by atoms with E-state index in [1.54, 1.807) is 7.05 Å². The van der Waals surface area contributed by atoms with Crippen LogP contribution >= 0.6 is 0 Å². The molecule has 1 saturated carbocycles. The Morgan fingerprint density at radius 3 is 1.95 bits per heavy atom. The van der Waals surface area contributed by atoms with E-state index in [0.717, 1.165) is 40.2 Å². The SMILES string of the molecule is C=C(O)/N=C(C)\C(=C/C)C(=NC)c1ccc(Oc2ccccc2)cc1.CC.CCC.CCC(C)C1CCCCC1. The molecular weight excluding hydrogens is 492 g/mol. The molecule has 0 heterocycles. The van der Waals surface area contributed by atoms with Gasteiger partial charge >= 0.3 is 0 Å². The molecule has 40 heavy (non-hydrogen) atoms. The number of para-hydroxylation sites is 1. The largest absolute Gasteiger partial charge is 0.494 e. The minimum absolute atomic E-state index is 0.223. The lowest BCUT2D eigenvalue weighted by Crippen LogP contribution is -2.14. The van der Waals surface area contributed by atoms with E-state index in [4.69, 9.17) is 4.74 Å². The van der Waals surface area contributed by atoms with Crippen molar-refractivity contribution in [1.29, 1.82) is 0 Å².